The first-order chi connectivity index (χ1) is 7.74. The molecule has 4 heteroatoms. The van der Waals surface area contributed by atoms with Crippen molar-refractivity contribution in [1.82, 2.24) is 0 Å². The second-order valence-corrected chi connectivity index (χ2v) is 4.52. The summed E-state index contributed by atoms with van der Waals surface area (Å²) in [5.74, 6) is 0.739. The van der Waals surface area contributed by atoms with E-state index in [9.17, 15) is 0 Å². The number of aliphatic hydroxyl groups is 2. The number of hydrogen-bond donors (Lipinski definition) is 2. The van der Waals surface area contributed by atoms with Crippen molar-refractivity contribution in [2.75, 3.05) is 19.8 Å². The Morgan fingerprint density at radius 3 is 2.75 bits per heavy atom. The fourth-order valence-corrected chi connectivity index (χ4v) is 2.26. The van der Waals surface area contributed by atoms with E-state index in [2.05, 4.69) is 0 Å². The minimum atomic E-state index is -0.147. The quantitative estimate of drug-likeness (QED) is 0.840. The highest BCUT2D eigenvalue weighted by atomic mass is 35.5. The zero-order valence-corrected chi connectivity index (χ0v) is 9.70. The first-order valence-corrected chi connectivity index (χ1v) is 5.78. The second kappa shape index (κ2) is 5.04. The van der Waals surface area contributed by atoms with Gasteiger partial charge in [-0.25, -0.2) is 0 Å². The zero-order valence-electron chi connectivity index (χ0n) is 8.95. The fourth-order valence-electron chi connectivity index (χ4n) is 2.00. The van der Waals surface area contributed by atoms with Gasteiger partial charge in [0.25, 0.3) is 0 Å². The summed E-state index contributed by atoms with van der Waals surface area (Å²) < 4.78 is 5.55. The molecule has 0 amide bonds. The van der Waals surface area contributed by atoms with Crippen LogP contribution in [-0.4, -0.2) is 30.0 Å². The van der Waals surface area contributed by atoms with Crippen molar-refractivity contribution < 1.29 is 14.9 Å². The van der Waals surface area contributed by atoms with Gasteiger partial charge in [0.1, 0.15) is 5.75 Å². The van der Waals surface area contributed by atoms with E-state index in [0.717, 1.165) is 23.3 Å². The Balaban J connectivity index is 2.26. The Labute approximate surface area is 99.6 Å². The molecule has 0 saturated carbocycles. The molecule has 1 aromatic rings. The number of ether oxygens (including phenoxy) is 1. The third-order valence-electron chi connectivity index (χ3n) is 2.85. The minimum absolute atomic E-state index is 0.0300. The van der Waals surface area contributed by atoms with Crippen molar-refractivity contribution in [3.8, 4) is 5.75 Å². The average molecular weight is 243 g/mol. The first-order valence-electron chi connectivity index (χ1n) is 5.40. The maximum Gasteiger partial charge on any atom is 0.125 e. The predicted octanol–water partition coefficient (Wildman–Crippen LogP) is 1.42. The van der Waals surface area contributed by atoms with Crippen molar-refractivity contribution in [2.24, 2.45) is 5.92 Å². The molecule has 88 valence electrons. The van der Waals surface area contributed by atoms with E-state index in [1.54, 1.807) is 0 Å². The lowest BCUT2D eigenvalue weighted by Crippen LogP contribution is -2.14. The topological polar surface area (TPSA) is 49.7 Å². The van der Waals surface area contributed by atoms with Gasteiger partial charge in [-0.1, -0.05) is 11.6 Å². The molecule has 0 atom stereocenters. The van der Waals surface area contributed by atoms with Crippen LogP contribution in [0.15, 0.2) is 12.1 Å². The van der Waals surface area contributed by atoms with E-state index in [1.807, 2.05) is 12.1 Å². The Bertz CT molecular complexity index is 375. The highest BCUT2D eigenvalue weighted by molar-refractivity contribution is 6.30. The lowest BCUT2D eigenvalue weighted by molar-refractivity contribution is 0.149. The monoisotopic (exact) mass is 242 g/mol. The van der Waals surface area contributed by atoms with Crippen LogP contribution in [0.3, 0.4) is 0 Å². The van der Waals surface area contributed by atoms with Gasteiger partial charge in [0.2, 0.25) is 0 Å². The van der Waals surface area contributed by atoms with Gasteiger partial charge >= 0.3 is 0 Å². The van der Waals surface area contributed by atoms with E-state index in [-0.39, 0.29) is 19.1 Å². The molecule has 1 aliphatic rings. The molecule has 2 rings (SSSR count). The van der Waals surface area contributed by atoms with Crippen LogP contribution in [0, 0.1) is 5.92 Å². The SMILES string of the molecule is OCC(CO)Cc1cc(Cl)cc2c1OCC2. The van der Waals surface area contributed by atoms with Crippen LogP contribution in [0.4, 0.5) is 0 Å². The molecule has 1 aromatic carbocycles. The molecule has 3 nitrogen and oxygen atoms in total. The predicted molar refractivity (Wildman–Crippen MR) is 62.0 cm³/mol. The van der Waals surface area contributed by atoms with Gasteiger partial charge in [-0.2, -0.15) is 0 Å². The summed E-state index contributed by atoms with van der Waals surface area (Å²) in [5, 5.41) is 18.8. The summed E-state index contributed by atoms with van der Waals surface area (Å²) in [4.78, 5) is 0. The van der Waals surface area contributed by atoms with Crippen LogP contribution in [0.2, 0.25) is 5.02 Å². The molecule has 0 bridgehead atoms. The van der Waals surface area contributed by atoms with Crippen molar-refractivity contribution in [3.63, 3.8) is 0 Å². The molecule has 0 saturated heterocycles. The van der Waals surface area contributed by atoms with E-state index < -0.39 is 0 Å². The number of halogens is 1. The first kappa shape index (κ1) is 11.7. The summed E-state index contributed by atoms with van der Waals surface area (Å²) in [6.45, 7) is 0.626. The number of hydrogen-bond acceptors (Lipinski definition) is 3. The van der Waals surface area contributed by atoms with Gasteiger partial charge in [-0.3, -0.25) is 0 Å². The number of benzene rings is 1. The van der Waals surface area contributed by atoms with E-state index >= 15 is 0 Å². The molecule has 0 aliphatic carbocycles. The van der Waals surface area contributed by atoms with Crippen LogP contribution < -0.4 is 4.74 Å². The molecule has 0 radical (unpaired) electrons. The van der Waals surface area contributed by atoms with E-state index in [1.165, 1.54) is 0 Å². The summed E-state index contributed by atoms with van der Waals surface area (Å²) in [5.41, 5.74) is 2.10. The van der Waals surface area contributed by atoms with E-state index in [4.69, 9.17) is 26.6 Å². The Kier molecular flexibility index (Phi) is 3.69. The van der Waals surface area contributed by atoms with Gasteiger partial charge < -0.3 is 14.9 Å². The van der Waals surface area contributed by atoms with Crippen molar-refractivity contribution in [2.45, 2.75) is 12.8 Å². The molecule has 1 heterocycles. The molecule has 16 heavy (non-hydrogen) atoms. The van der Waals surface area contributed by atoms with Crippen molar-refractivity contribution >= 4 is 11.6 Å². The summed E-state index contributed by atoms with van der Waals surface area (Å²) in [6.07, 6.45) is 1.47. The van der Waals surface area contributed by atoms with Crippen LogP contribution in [0.5, 0.6) is 5.75 Å². The Hall–Kier alpha value is -0.770. The number of rotatable bonds is 4. The lowest BCUT2D eigenvalue weighted by Gasteiger charge is -2.14. The zero-order chi connectivity index (χ0) is 11.5. The largest absolute Gasteiger partial charge is 0.493 e. The van der Waals surface area contributed by atoms with Crippen LogP contribution >= 0.6 is 11.6 Å². The van der Waals surface area contributed by atoms with Crippen LogP contribution in [-0.2, 0) is 12.8 Å². The molecule has 0 fully saturated rings. The molecule has 0 aromatic heterocycles. The summed E-state index contributed by atoms with van der Waals surface area (Å²) >= 11 is 6.02. The third-order valence-corrected chi connectivity index (χ3v) is 3.07. The molecule has 2 N–H and O–H groups in total. The maximum absolute atomic E-state index is 9.07. The summed E-state index contributed by atoms with van der Waals surface area (Å²) in [6, 6.07) is 3.77. The molecule has 0 unspecified atom stereocenters. The Morgan fingerprint density at radius 1 is 1.31 bits per heavy atom. The molecular weight excluding hydrogens is 228 g/mol. The second-order valence-electron chi connectivity index (χ2n) is 4.09. The number of fused-ring (bicyclic) bond motifs is 1. The van der Waals surface area contributed by atoms with E-state index in [0.29, 0.717) is 18.1 Å². The lowest BCUT2D eigenvalue weighted by atomic mass is 9.98. The van der Waals surface area contributed by atoms with Gasteiger partial charge in [-0.05, 0) is 29.7 Å². The highest BCUT2D eigenvalue weighted by Gasteiger charge is 2.19. The minimum Gasteiger partial charge on any atom is -0.493 e. The standard InChI is InChI=1S/C12H15ClO3/c13-11-4-9-1-2-16-12(9)10(5-11)3-8(6-14)7-15/h4-5,8,14-15H,1-3,6-7H2. The van der Waals surface area contributed by atoms with Gasteiger partial charge in [-0.15, -0.1) is 0 Å². The summed E-state index contributed by atoms with van der Waals surface area (Å²) in [7, 11) is 0. The van der Waals surface area contributed by atoms with Crippen molar-refractivity contribution in [1.29, 1.82) is 0 Å². The highest BCUT2D eigenvalue weighted by Crippen LogP contribution is 2.34. The number of aliphatic hydroxyl groups excluding tert-OH is 2. The average Bonchev–Trinajstić information content (AvgIpc) is 2.73. The molecule has 1 aliphatic heterocycles. The maximum atomic E-state index is 9.07. The van der Waals surface area contributed by atoms with Gasteiger partial charge in [0, 0.05) is 30.6 Å². The van der Waals surface area contributed by atoms with Crippen LogP contribution in [0.1, 0.15) is 11.1 Å². The smallest absolute Gasteiger partial charge is 0.125 e. The Morgan fingerprint density at radius 2 is 2.06 bits per heavy atom. The van der Waals surface area contributed by atoms with Crippen molar-refractivity contribution in [3.05, 3.63) is 28.3 Å². The van der Waals surface area contributed by atoms with Gasteiger partial charge in [0.15, 0.2) is 0 Å². The third kappa shape index (κ3) is 2.32. The van der Waals surface area contributed by atoms with Crippen LogP contribution in [0.25, 0.3) is 0 Å². The fraction of sp³-hybridized carbons (Fsp3) is 0.500. The molecule has 0 spiro atoms. The normalized spacial score (nSPS) is 14.0. The molecular formula is C12H15ClO3. The van der Waals surface area contributed by atoms with Gasteiger partial charge in [0.05, 0.1) is 6.61 Å².